The molecule has 7 rings (SSSR count). The summed E-state index contributed by atoms with van der Waals surface area (Å²) in [5.74, 6) is -0.462. The molecule has 2 saturated heterocycles. The van der Waals surface area contributed by atoms with Crippen LogP contribution in [0.15, 0.2) is 95.4 Å². The second-order valence-electron chi connectivity index (χ2n) is 13.5. The first-order valence-electron chi connectivity index (χ1n) is 17.9. The van der Waals surface area contributed by atoms with E-state index in [1.165, 1.54) is 39.7 Å². The molecule has 2 aliphatic heterocycles. The summed E-state index contributed by atoms with van der Waals surface area (Å²) in [6.45, 7) is 7.61. The normalized spacial score (nSPS) is 20.4. The van der Waals surface area contributed by atoms with Gasteiger partial charge in [-0.05, 0) is 80.8 Å². The van der Waals surface area contributed by atoms with Crippen LogP contribution in [0.25, 0.3) is 5.69 Å². The number of rotatable bonds is 13. The van der Waals surface area contributed by atoms with Gasteiger partial charge in [0.2, 0.25) is 0 Å². The van der Waals surface area contributed by atoms with Crippen molar-refractivity contribution in [2.24, 2.45) is 0 Å². The van der Waals surface area contributed by atoms with Crippen molar-refractivity contribution in [2.75, 3.05) is 41.7 Å². The third-order valence-electron chi connectivity index (χ3n) is 10.3. The van der Waals surface area contributed by atoms with Gasteiger partial charge in [-0.15, -0.1) is 11.8 Å². The van der Waals surface area contributed by atoms with Gasteiger partial charge in [0.05, 0.1) is 29.5 Å². The molecule has 52 heavy (non-hydrogen) atoms. The molecule has 2 aromatic heterocycles. The number of benzene rings is 3. The van der Waals surface area contributed by atoms with E-state index in [4.69, 9.17) is 4.74 Å². The van der Waals surface area contributed by atoms with Crippen LogP contribution in [-0.4, -0.2) is 78.4 Å². The fourth-order valence-electron chi connectivity index (χ4n) is 7.40. The second kappa shape index (κ2) is 15.6. The van der Waals surface area contributed by atoms with Gasteiger partial charge < -0.3 is 19.6 Å². The summed E-state index contributed by atoms with van der Waals surface area (Å²) >= 11 is 1.72. The van der Waals surface area contributed by atoms with E-state index in [1.54, 1.807) is 29.7 Å². The second-order valence-corrected chi connectivity index (χ2v) is 14.6. The van der Waals surface area contributed by atoms with Crippen molar-refractivity contribution in [2.45, 2.75) is 74.8 Å². The molecule has 14 heteroatoms. The average Bonchev–Trinajstić information content (AvgIpc) is 3.92. The number of anilines is 2. The standard InChI is InChI=1S/C38H44F2N8O3S/c1-3-36(27(2)49)48-37(50)47(26-43-48)31-7-5-29(6-8-31)44-18-20-45(21-19-44)30-9-11-33(12-10-30)52-23-32-14-15-38(51-32,16-17-46-25-41-24-42-46)34-13-4-28(39)22-35(34)40/h4-13,22,24-27,32,36,49H,3,14-21,23H2,1-2H3/t27?,32-,36?,38+/m1/s1. The summed E-state index contributed by atoms with van der Waals surface area (Å²) in [5, 5.41) is 18.5. The quantitative estimate of drug-likeness (QED) is 0.150. The fraction of sp³-hybridized carbons (Fsp3) is 0.421. The lowest BCUT2D eigenvalue weighted by Gasteiger charge is -2.37. The number of ether oxygens (including phenoxy) is 1. The Morgan fingerprint density at radius 1 is 0.942 bits per heavy atom. The number of hydrogen-bond donors (Lipinski definition) is 1. The maximum absolute atomic E-state index is 15.0. The Kier molecular flexibility index (Phi) is 10.8. The molecule has 2 aliphatic rings. The van der Waals surface area contributed by atoms with Crippen molar-refractivity contribution >= 4 is 23.1 Å². The molecule has 4 atom stereocenters. The highest BCUT2D eigenvalue weighted by Crippen LogP contribution is 2.45. The first kappa shape index (κ1) is 35.9. The van der Waals surface area contributed by atoms with Crippen LogP contribution in [-0.2, 0) is 16.9 Å². The average molecular weight is 731 g/mol. The number of aliphatic hydroxyl groups excluding tert-OH is 1. The van der Waals surface area contributed by atoms with Crippen molar-refractivity contribution < 1.29 is 18.6 Å². The van der Waals surface area contributed by atoms with Crippen molar-refractivity contribution in [1.29, 1.82) is 0 Å². The highest BCUT2D eigenvalue weighted by atomic mass is 32.2. The minimum absolute atomic E-state index is 0.0748. The van der Waals surface area contributed by atoms with Gasteiger partial charge in [0.1, 0.15) is 30.6 Å². The number of hydrogen-bond acceptors (Lipinski definition) is 9. The van der Waals surface area contributed by atoms with Crippen molar-refractivity contribution in [3.63, 3.8) is 0 Å². The van der Waals surface area contributed by atoms with Crippen LogP contribution in [0.2, 0.25) is 0 Å². The van der Waals surface area contributed by atoms with Crippen molar-refractivity contribution in [3.05, 3.63) is 113 Å². The Labute approximate surface area is 305 Å². The van der Waals surface area contributed by atoms with Crippen LogP contribution in [0, 0.1) is 11.6 Å². The molecule has 0 spiro atoms. The fourth-order valence-corrected chi connectivity index (χ4v) is 8.34. The Bertz CT molecular complexity index is 1980. The van der Waals surface area contributed by atoms with Gasteiger partial charge in [0.15, 0.2) is 0 Å². The number of aryl methyl sites for hydroxylation is 1. The minimum Gasteiger partial charge on any atom is -0.391 e. The van der Waals surface area contributed by atoms with Crippen molar-refractivity contribution in [1.82, 2.24) is 29.1 Å². The number of aromatic nitrogens is 6. The Morgan fingerprint density at radius 3 is 2.23 bits per heavy atom. The molecule has 274 valence electrons. The number of aliphatic hydroxyl groups is 1. The molecule has 3 aromatic carbocycles. The SMILES string of the molecule is CCC(C(C)O)n1ncn(-c2ccc(N3CCN(c4ccc(SC[C@H]5CC[C@](CCn6cncn6)(c6ccc(F)cc6F)O5)cc4)CC3)cc2)c1=O. The van der Waals surface area contributed by atoms with Crippen LogP contribution >= 0.6 is 11.8 Å². The Balaban J connectivity index is 0.918. The number of piperazine rings is 1. The van der Waals surface area contributed by atoms with E-state index < -0.39 is 23.3 Å². The molecule has 5 aromatic rings. The van der Waals surface area contributed by atoms with Gasteiger partial charge in [0, 0.05) is 72.8 Å². The highest BCUT2D eigenvalue weighted by Gasteiger charge is 2.43. The first-order valence-corrected chi connectivity index (χ1v) is 18.8. The van der Waals surface area contributed by atoms with Gasteiger partial charge in [-0.3, -0.25) is 4.68 Å². The molecule has 1 N–H and O–H groups in total. The van der Waals surface area contributed by atoms with E-state index >= 15 is 4.39 Å². The summed E-state index contributed by atoms with van der Waals surface area (Å²) in [6.07, 6.45) is 6.40. The Hall–Kier alpha value is -4.53. The molecular weight excluding hydrogens is 687 g/mol. The lowest BCUT2D eigenvalue weighted by atomic mass is 9.87. The topological polar surface area (TPSA) is 106 Å². The van der Waals surface area contributed by atoms with Gasteiger partial charge in [0.25, 0.3) is 0 Å². The van der Waals surface area contributed by atoms with E-state index in [2.05, 4.69) is 49.2 Å². The number of thioether (sulfide) groups is 1. The molecular formula is C38H44F2N8O3S. The van der Waals surface area contributed by atoms with E-state index in [1.807, 2.05) is 31.2 Å². The Morgan fingerprint density at radius 2 is 1.62 bits per heavy atom. The molecule has 0 aliphatic carbocycles. The lowest BCUT2D eigenvalue weighted by Crippen LogP contribution is -2.46. The van der Waals surface area contributed by atoms with Crippen LogP contribution in [0.1, 0.15) is 51.1 Å². The number of halogens is 2. The molecule has 2 fully saturated rings. The first-order chi connectivity index (χ1) is 25.2. The van der Waals surface area contributed by atoms with Crippen molar-refractivity contribution in [3.8, 4) is 5.69 Å². The van der Waals surface area contributed by atoms with Crippen LogP contribution < -0.4 is 15.5 Å². The van der Waals surface area contributed by atoms with E-state index in [9.17, 15) is 14.3 Å². The highest BCUT2D eigenvalue weighted by molar-refractivity contribution is 7.99. The van der Waals surface area contributed by atoms with Gasteiger partial charge in [-0.25, -0.2) is 27.8 Å². The van der Waals surface area contributed by atoms with Gasteiger partial charge in [-0.2, -0.15) is 10.2 Å². The molecule has 0 bridgehead atoms. The maximum atomic E-state index is 15.0. The van der Waals surface area contributed by atoms with Crippen LogP contribution in [0.5, 0.6) is 0 Å². The zero-order valence-electron chi connectivity index (χ0n) is 29.4. The zero-order chi connectivity index (χ0) is 36.2. The number of nitrogens with zero attached hydrogens (tertiary/aromatic N) is 8. The van der Waals surface area contributed by atoms with E-state index in [0.29, 0.717) is 31.4 Å². The maximum Gasteiger partial charge on any atom is 0.350 e. The lowest BCUT2D eigenvalue weighted by molar-refractivity contribution is -0.0481. The minimum atomic E-state index is -0.856. The molecule has 4 heterocycles. The van der Waals surface area contributed by atoms with E-state index in [0.717, 1.165) is 60.7 Å². The van der Waals surface area contributed by atoms with E-state index in [-0.39, 0.29) is 17.8 Å². The predicted octanol–water partition coefficient (Wildman–Crippen LogP) is 5.82. The molecule has 2 unspecified atom stereocenters. The van der Waals surface area contributed by atoms with Gasteiger partial charge >= 0.3 is 5.69 Å². The summed E-state index contributed by atoms with van der Waals surface area (Å²) in [5.41, 5.74) is 2.29. The predicted molar refractivity (Wildman–Crippen MR) is 197 cm³/mol. The van der Waals surface area contributed by atoms with Crippen LogP contribution in [0.3, 0.4) is 0 Å². The molecule has 11 nitrogen and oxygen atoms in total. The van der Waals surface area contributed by atoms with Crippen LogP contribution in [0.4, 0.5) is 20.2 Å². The third kappa shape index (κ3) is 7.64. The summed E-state index contributed by atoms with van der Waals surface area (Å²) < 4.78 is 40.0. The van der Waals surface area contributed by atoms with Gasteiger partial charge in [-0.1, -0.05) is 13.0 Å². The zero-order valence-corrected chi connectivity index (χ0v) is 30.2. The summed E-state index contributed by atoms with van der Waals surface area (Å²) in [4.78, 5) is 22.9. The largest absolute Gasteiger partial charge is 0.391 e. The smallest absolute Gasteiger partial charge is 0.350 e. The molecule has 0 amide bonds. The molecule has 0 saturated carbocycles. The monoisotopic (exact) mass is 730 g/mol. The molecule has 0 radical (unpaired) electrons. The summed E-state index contributed by atoms with van der Waals surface area (Å²) in [7, 11) is 0. The third-order valence-corrected chi connectivity index (χ3v) is 11.4. The summed E-state index contributed by atoms with van der Waals surface area (Å²) in [6, 6.07) is 19.9.